The molecule has 10 rings (SSSR count). The predicted octanol–water partition coefficient (Wildman–Crippen LogP) is 12.0. The average Bonchev–Trinajstić information content (AvgIpc) is 3.75. The van der Waals surface area contributed by atoms with Crippen LogP contribution in [0, 0.1) is 0 Å². The lowest BCUT2D eigenvalue weighted by molar-refractivity contribution is 1.07. The lowest BCUT2D eigenvalue weighted by Crippen LogP contribution is -2.00. The highest BCUT2D eigenvalue weighted by Gasteiger charge is 2.19. The van der Waals surface area contributed by atoms with Gasteiger partial charge in [-0.25, -0.2) is 15.0 Å². The van der Waals surface area contributed by atoms with Crippen molar-refractivity contribution in [1.29, 1.82) is 0 Å². The van der Waals surface area contributed by atoms with Crippen LogP contribution in [0.25, 0.3) is 93.0 Å². The number of benzene rings is 7. The van der Waals surface area contributed by atoms with Crippen molar-refractivity contribution >= 4 is 53.3 Å². The van der Waals surface area contributed by atoms with E-state index in [1.165, 1.54) is 53.1 Å². The molecule has 4 nitrogen and oxygen atoms in total. The first-order valence-corrected chi connectivity index (χ1v) is 17.5. The molecule has 0 fully saturated rings. The molecule has 0 atom stereocenters. The van der Waals surface area contributed by atoms with Crippen LogP contribution in [-0.4, -0.2) is 19.5 Å². The molecule has 0 bridgehead atoms. The van der Waals surface area contributed by atoms with Crippen molar-refractivity contribution < 1.29 is 0 Å². The van der Waals surface area contributed by atoms with E-state index in [2.05, 4.69) is 114 Å². The minimum absolute atomic E-state index is 0.645. The van der Waals surface area contributed by atoms with Crippen LogP contribution in [0.5, 0.6) is 0 Å². The van der Waals surface area contributed by atoms with Crippen molar-refractivity contribution in [3.05, 3.63) is 170 Å². The Bertz CT molecular complexity index is 2780. The van der Waals surface area contributed by atoms with E-state index in [1.807, 2.05) is 72.0 Å². The van der Waals surface area contributed by atoms with Gasteiger partial charge in [0.05, 0.1) is 15.7 Å². The van der Waals surface area contributed by atoms with Crippen LogP contribution < -0.4 is 0 Å². The monoisotopic (exact) mass is 656 g/mol. The minimum Gasteiger partial charge on any atom is -0.308 e. The quantitative estimate of drug-likeness (QED) is 0.185. The molecule has 0 aliphatic rings. The minimum atomic E-state index is 0.645. The van der Waals surface area contributed by atoms with Gasteiger partial charge in [0.2, 0.25) is 0 Å². The van der Waals surface area contributed by atoms with Crippen LogP contribution >= 0.6 is 11.3 Å². The largest absolute Gasteiger partial charge is 0.308 e. The van der Waals surface area contributed by atoms with Gasteiger partial charge >= 0.3 is 0 Å². The summed E-state index contributed by atoms with van der Waals surface area (Å²) in [6.07, 6.45) is 0. The Kier molecular flexibility index (Phi) is 6.64. The van der Waals surface area contributed by atoms with Crippen molar-refractivity contribution in [2.45, 2.75) is 0 Å². The van der Waals surface area contributed by atoms with Gasteiger partial charge in [-0.3, -0.25) is 0 Å². The molecular weight excluding hydrogens is 629 g/mol. The van der Waals surface area contributed by atoms with Gasteiger partial charge in [0.1, 0.15) is 0 Å². The zero-order valence-corrected chi connectivity index (χ0v) is 27.7. The lowest BCUT2D eigenvalue weighted by atomic mass is 10.0. The highest BCUT2D eigenvalue weighted by molar-refractivity contribution is 7.27. The summed E-state index contributed by atoms with van der Waals surface area (Å²) < 4.78 is 5.03. The molecule has 0 spiro atoms. The van der Waals surface area contributed by atoms with Gasteiger partial charge in [-0.2, -0.15) is 0 Å². The SMILES string of the molecule is c1ccc(-c2nc(-c3ccccc3)nc(-c3ccc(-n4c5ccccc5c5ccc6c7cccc(-c8ccccc8)c7sc6c54)cc3)n2)cc1. The van der Waals surface area contributed by atoms with Gasteiger partial charge in [-0.15, -0.1) is 11.3 Å². The number of hydrogen-bond acceptors (Lipinski definition) is 4. The summed E-state index contributed by atoms with van der Waals surface area (Å²) in [6, 6.07) is 59.6. The Morgan fingerprint density at radius 2 is 0.860 bits per heavy atom. The molecular formula is C45H28N4S. The maximum Gasteiger partial charge on any atom is 0.164 e. The van der Waals surface area contributed by atoms with Crippen molar-refractivity contribution in [1.82, 2.24) is 19.5 Å². The lowest BCUT2D eigenvalue weighted by Gasteiger charge is -2.11. The van der Waals surface area contributed by atoms with E-state index in [9.17, 15) is 0 Å². The van der Waals surface area contributed by atoms with Crippen molar-refractivity contribution in [3.63, 3.8) is 0 Å². The van der Waals surface area contributed by atoms with E-state index < -0.39 is 0 Å². The molecule has 7 aromatic carbocycles. The summed E-state index contributed by atoms with van der Waals surface area (Å²) >= 11 is 1.89. The third-order valence-electron chi connectivity index (χ3n) is 9.47. The summed E-state index contributed by atoms with van der Waals surface area (Å²) in [4.78, 5) is 14.8. The maximum absolute atomic E-state index is 4.96. The number of thiophene rings is 1. The molecule has 0 N–H and O–H groups in total. The number of nitrogens with zero attached hydrogens (tertiary/aromatic N) is 4. The van der Waals surface area contributed by atoms with Gasteiger partial charge < -0.3 is 4.57 Å². The Morgan fingerprint density at radius 1 is 0.360 bits per heavy atom. The average molecular weight is 657 g/mol. The second kappa shape index (κ2) is 11.6. The molecule has 0 saturated heterocycles. The summed E-state index contributed by atoms with van der Waals surface area (Å²) in [7, 11) is 0. The highest BCUT2D eigenvalue weighted by atomic mass is 32.1. The molecule has 234 valence electrons. The van der Waals surface area contributed by atoms with Gasteiger partial charge in [0.15, 0.2) is 17.5 Å². The predicted molar refractivity (Wildman–Crippen MR) is 209 cm³/mol. The highest BCUT2D eigenvalue weighted by Crippen LogP contribution is 2.45. The Labute approximate surface area is 292 Å². The topological polar surface area (TPSA) is 43.6 Å². The Hall–Kier alpha value is -6.43. The molecule has 3 aromatic heterocycles. The van der Waals surface area contributed by atoms with E-state index in [4.69, 9.17) is 15.0 Å². The smallest absolute Gasteiger partial charge is 0.164 e. The first kappa shape index (κ1) is 28.6. The summed E-state index contributed by atoms with van der Waals surface area (Å²) in [6.45, 7) is 0. The second-order valence-corrected chi connectivity index (χ2v) is 13.4. The van der Waals surface area contributed by atoms with E-state index in [-0.39, 0.29) is 0 Å². The van der Waals surface area contributed by atoms with E-state index >= 15 is 0 Å². The normalized spacial score (nSPS) is 11.6. The van der Waals surface area contributed by atoms with Gasteiger partial charge in [-0.1, -0.05) is 140 Å². The standard InChI is InChI=1S/C45H28N4S/c1-4-13-29(14-5-1)34-20-12-21-37-38-28-27-36-35-19-10-11-22-39(35)49(40(36)42(38)50-41(34)37)33-25-23-32(24-26-33)45-47-43(30-15-6-2-7-16-30)46-44(48-45)31-17-8-3-9-18-31/h1-28H. The van der Waals surface area contributed by atoms with E-state index in [0.717, 1.165) is 22.4 Å². The molecule has 0 aliphatic heterocycles. The summed E-state index contributed by atoms with van der Waals surface area (Å²) in [5.41, 5.74) is 8.86. The van der Waals surface area contributed by atoms with Crippen LogP contribution in [0.4, 0.5) is 0 Å². The molecule has 5 heteroatoms. The molecule has 0 amide bonds. The molecule has 50 heavy (non-hydrogen) atoms. The number of para-hydroxylation sites is 1. The van der Waals surface area contributed by atoms with Gasteiger partial charge in [0, 0.05) is 48.6 Å². The van der Waals surface area contributed by atoms with Crippen molar-refractivity contribution in [2.24, 2.45) is 0 Å². The zero-order chi connectivity index (χ0) is 33.0. The van der Waals surface area contributed by atoms with E-state index in [1.54, 1.807) is 0 Å². The Morgan fingerprint density at radius 3 is 1.50 bits per heavy atom. The fourth-order valence-electron chi connectivity index (χ4n) is 7.11. The van der Waals surface area contributed by atoms with Crippen LogP contribution in [0.1, 0.15) is 0 Å². The zero-order valence-electron chi connectivity index (χ0n) is 26.9. The Balaban J connectivity index is 1.17. The van der Waals surface area contributed by atoms with Crippen molar-refractivity contribution in [3.8, 4) is 51.0 Å². The third kappa shape index (κ3) is 4.63. The van der Waals surface area contributed by atoms with Gasteiger partial charge in [-0.05, 0) is 41.5 Å². The first-order chi connectivity index (χ1) is 24.8. The first-order valence-electron chi connectivity index (χ1n) is 16.7. The molecule has 10 aromatic rings. The molecule has 0 radical (unpaired) electrons. The van der Waals surface area contributed by atoms with Crippen LogP contribution in [0.15, 0.2) is 170 Å². The number of rotatable bonds is 5. The fourth-order valence-corrected chi connectivity index (χ4v) is 8.49. The molecule has 0 unspecified atom stereocenters. The third-order valence-corrected chi connectivity index (χ3v) is 10.7. The van der Waals surface area contributed by atoms with Crippen LogP contribution in [-0.2, 0) is 0 Å². The van der Waals surface area contributed by atoms with Gasteiger partial charge in [0.25, 0.3) is 0 Å². The number of aromatic nitrogens is 4. The number of hydrogen-bond donors (Lipinski definition) is 0. The summed E-state index contributed by atoms with van der Waals surface area (Å²) in [5.74, 6) is 1.96. The second-order valence-electron chi connectivity index (χ2n) is 12.4. The van der Waals surface area contributed by atoms with Crippen LogP contribution in [0.2, 0.25) is 0 Å². The van der Waals surface area contributed by atoms with Crippen molar-refractivity contribution in [2.75, 3.05) is 0 Å². The summed E-state index contributed by atoms with van der Waals surface area (Å²) in [5, 5.41) is 5.07. The molecule has 3 heterocycles. The van der Waals surface area contributed by atoms with E-state index in [0.29, 0.717) is 17.5 Å². The fraction of sp³-hybridized carbons (Fsp3) is 0. The van der Waals surface area contributed by atoms with Crippen LogP contribution in [0.3, 0.4) is 0 Å². The molecule has 0 saturated carbocycles. The molecule has 0 aliphatic carbocycles. The maximum atomic E-state index is 4.96. The number of fused-ring (bicyclic) bond motifs is 7.